The number of amides is 2. The number of nitrogens with one attached hydrogen (secondary N) is 1. The summed E-state index contributed by atoms with van der Waals surface area (Å²) in [6.07, 6.45) is 1.04. The van der Waals surface area contributed by atoms with Gasteiger partial charge in [-0.2, -0.15) is 0 Å². The standard InChI is InChI=1S/C23H36N4O3/c1-6-25-12-14-26(15-13-25)18-9-10-19(17(2)16-18)24-21(28)20-8-7-11-27(20)22(29)30-23(3,4)5/h9-10,16,20H,6-8,11-15H2,1-5H3,(H,24,28). The molecule has 2 saturated heterocycles. The third-order valence-corrected chi connectivity index (χ3v) is 5.84. The molecule has 1 aromatic rings. The van der Waals surface area contributed by atoms with Crippen molar-refractivity contribution < 1.29 is 14.3 Å². The number of ether oxygens (including phenoxy) is 1. The van der Waals surface area contributed by atoms with E-state index in [0.29, 0.717) is 13.0 Å². The molecule has 0 aromatic heterocycles. The van der Waals surface area contributed by atoms with Crippen LogP contribution in [0.25, 0.3) is 0 Å². The van der Waals surface area contributed by atoms with Crippen molar-refractivity contribution in [3.63, 3.8) is 0 Å². The maximum atomic E-state index is 12.9. The Morgan fingerprint density at radius 2 is 1.83 bits per heavy atom. The fourth-order valence-electron chi connectivity index (χ4n) is 4.10. The van der Waals surface area contributed by atoms with E-state index in [0.717, 1.165) is 50.4 Å². The average molecular weight is 417 g/mol. The van der Waals surface area contributed by atoms with Crippen molar-refractivity contribution in [1.29, 1.82) is 0 Å². The zero-order valence-corrected chi connectivity index (χ0v) is 19.0. The van der Waals surface area contributed by atoms with Crippen LogP contribution in [0.5, 0.6) is 0 Å². The van der Waals surface area contributed by atoms with Gasteiger partial charge in [0.25, 0.3) is 0 Å². The van der Waals surface area contributed by atoms with E-state index in [4.69, 9.17) is 4.74 Å². The lowest BCUT2D eigenvalue weighted by atomic mass is 10.1. The van der Waals surface area contributed by atoms with Crippen LogP contribution >= 0.6 is 0 Å². The number of nitrogens with zero attached hydrogens (tertiary/aromatic N) is 3. The quantitative estimate of drug-likeness (QED) is 0.814. The minimum Gasteiger partial charge on any atom is -0.444 e. The summed E-state index contributed by atoms with van der Waals surface area (Å²) in [5.74, 6) is -0.147. The number of hydrogen-bond acceptors (Lipinski definition) is 5. The Hall–Kier alpha value is -2.28. The van der Waals surface area contributed by atoms with Gasteiger partial charge in [-0.15, -0.1) is 0 Å². The van der Waals surface area contributed by atoms with Crippen LogP contribution in [0.4, 0.5) is 16.2 Å². The minimum atomic E-state index is -0.574. The van der Waals surface area contributed by atoms with Crippen LogP contribution in [0.15, 0.2) is 18.2 Å². The predicted octanol–water partition coefficient (Wildman–Crippen LogP) is 3.47. The van der Waals surface area contributed by atoms with E-state index < -0.39 is 17.7 Å². The van der Waals surface area contributed by atoms with Gasteiger partial charge in [-0.3, -0.25) is 9.69 Å². The Kier molecular flexibility index (Phi) is 6.91. The van der Waals surface area contributed by atoms with Crippen LogP contribution in [0.1, 0.15) is 46.1 Å². The number of piperazine rings is 1. The molecule has 30 heavy (non-hydrogen) atoms. The van der Waals surface area contributed by atoms with E-state index in [1.165, 1.54) is 5.69 Å². The zero-order valence-electron chi connectivity index (χ0n) is 19.0. The molecule has 7 heteroatoms. The van der Waals surface area contributed by atoms with Crippen molar-refractivity contribution in [2.24, 2.45) is 0 Å². The molecule has 166 valence electrons. The predicted molar refractivity (Wildman–Crippen MR) is 120 cm³/mol. The first kappa shape index (κ1) is 22.4. The number of carbonyl (C=O) groups is 2. The van der Waals surface area contributed by atoms with Crippen molar-refractivity contribution in [1.82, 2.24) is 9.80 Å². The second kappa shape index (κ2) is 9.25. The first-order valence-electron chi connectivity index (χ1n) is 11.1. The SMILES string of the molecule is CCN1CCN(c2ccc(NC(=O)C3CCCN3C(=O)OC(C)(C)C)c(C)c2)CC1. The van der Waals surface area contributed by atoms with Crippen molar-refractivity contribution in [2.45, 2.75) is 59.1 Å². The third kappa shape index (κ3) is 5.45. The van der Waals surface area contributed by atoms with Gasteiger partial charge in [-0.25, -0.2) is 4.79 Å². The van der Waals surface area contributed by atoms with Crippen LogP contribution < -0.4 is 10.2 Å². The third-order valence-electron chi connectivity index (χ3n) is 5.84. The number of hydrogen-bond donors (Lipinski definition) is 1. The fraction of sp³-hybridized carbons (Fsp3) is 0.652. The van der Waals surface area contributed by atoms with Crippen LogP contribution in [0.2, 0.25) is 0 Å². The van der Waals surface area contributed by atoms with Gasteiger partial charge in [0.15, 0.2) is 0 Å². The second-order valence-corrected chi connectivity index (χ2v) is 9.24. The number of carbonyl (C=O) groups excluding carboxylic acids is 2. The highest BCUT2D eigenvalue weighted by Gasteiger charge is 2.36. The van der Waals surface area contributed by atoms with E-state index in [1.54, 1.807) is 4.90 Å². The summed E-state index contributed by atoms with van der Waals surface area (Å²) in [4.78, 5) is 31.8. The molecular formula is C23H36N4O3. The van der Waals surface area contributed by atoms with Gasteiger partial charge < -0.3 is 19.9 Å². The molecule has 2 fully saturated rings. The molecule has 1 atom stereocenters. The van der Waals surface area contributed by atoms with Crippen LogP contribution in [-0.2, 0) is 9.53 Å². The van der Waals surface area contributed by atoms with E-state index in [9.17, 15) is 9.59 Å². The van der Waals surface area contributed by atoms with Gasteiger partial charge in [-0.05, 0) is 70.8 Å². The molecule has 7 nitrogen and oxygen atoms in total. The van der Waals surface area contributed by atoms with Crippen molar-refractivity contribution in [2.75, 3.05) is 49.5 Å². The maximum absolute atomic E-state index is 12.9. The number of likely N-dealkylation sites (N-methyl/N-ethyl adjacent to an activating group) is 1. The molecular weight excluding hydrogens is 380 g/mol. The van der Waals surface area contributed by atoms with Gasteiger partial charge >= 0.3 is 6.09 Å². The van der Waals surface area contributed by atoms with Crippen molar-refractivity contribution in [3.8, 4) is 0 Å². The molecule has 1 N–H and O–H groups in total. The summed E-state index contributed by atoms with van der Waals surface area (Å²) >= 11 is 0. The second-order valence-electron chi connectivity index (χ2n) is 9.24. The van der Waals surface area contributed by atoms with Gasteiger partial charge in [0.05, 0.1) is 0 Å². The number of aryl methyl sites for hydroxylation is 1. The Morgan fingerprint density at radius 1 is 1.13 bits per heavy atom. The lowest BCUT2D eigenvalue weighted by Crippen LogP contribution is -2.46. The first-order valence-corrected chi connectivity index (χ1v) is 11.1. The average Bonchev–Trinajstić information content (AvgIpc) is 3.18. The van der Waals surface area contributed by atoms with Crippen LogP contribution in [0, 0.1) is 6.92 Å². The smallest absolute Gasteiger partial charge is 0.410 e. The molecule has 0 bridgehead atoms. The summed E-state index contributed by atoms with van der Waals surface area (Å²) in [7, 11) is 0. The summed E-state index contributed by atoms with van der Waals surface area (Å²) in [5, 5.41) is 3.03. The molecule has 0 radical (unpaired) electrons. The molecule has 2 aliphatic heterocycles. The van der Waals surface area contributed by atoms with Gasteiger partial charge in [0.2, 0.25) is 5.91 Å². The zero-order chi connectivity index (χ0) is 21.9. The summed E-state index contributed by atoms with van der Waals surface area (Å²) in [6, 6.07) is 5.70. The summed E-state index contributed by atoms with van der Waals surface area (Å²) in [6.45, 7) is 15.6. The summed E-state index contributed by atoms with van der Waals surface area (Å²) < 4.78 is 5.47. The highest BCUT2D eigenvalue weighted by molar-refractivity contribution is 5.97. The number of rotatable bonds is 4. The summed E-state index contributed by atoms with van der Waals surface area (Å²) in [5.41, 5.74) is 2.44. The highest BCUT2D eigenvalue weighted by Crippen LogP contribution is 2.26. The highest BCUT2D eigenvalue weighted by atomic mass is 16.6. The normalized spacial score (nSPS) is 20.4. The lowest BCUT2D eigenvalue weighted by molar-refractivity contribution is -0.120. The largest absolute Gasteiger partial charge is 0.444 e. The molecule has 2 heterocycles. The van der Waals surface area contributed by atoms with Gasteiger partial charge in [0, 0.05) is 44.1 Å². The molecule has 1 aromatic carbocycles. The Balaban J connectivity index is 1.63. The van der Waals surface area contributed by atoms with Crippen LogP contribution in [0.3, 0.4) is 0 Å². The van der Waals surface area contributed by atoms with Crippen molar-refractivity contribution in [3.05, 3.63) is 23.8 Å². The molecule has 2 aliphatic rings. The molecule has 0 spiro atoms. The van der Waals surface area contributed by atoms with E-state index in [1.807, 2.05) is 33.8 Å². The van der Waals surface area contributed by atoms with E-state index >= 15 is 0 Å². The van der Waals surface area contributed by atoms with Gasteiger partial charge in [0.1, 0.15) is 11.6 Å². The number of benzene rings is 1. The van der Waals surface area contributed by atoms with Crippen LogP contribution in [-0.4, -0.2) is 72.7 Å². The monoisotopic (exact) mass is 416 g/mol. The topological polar surface area (TPSA) is 65.1 Å². The van der Waals surface area contributed by atoms with E-state index in [2.05, 4.69) is 34.2 Å². The molecule has 3 rings (SSSR count). The molecule has 0 saturated carbocycles. The number of likely N-dealkylation sites (tertiary alicyclic amines) is 1. The first-order chi connectivity index (χ1) is 14.2. The molecule has 0 aliphatic carbocycles. The van der Waals surface area contributed by atoms with Crippen molar-refractivity contribution >= 4 is 23.4 Å². The Bertz CT molecular complexity index is 766. The Morgan fingerprint density at radius 3 is 2.43 bits per heavy atom. The number of anilines is 2. The van der Waals surface area contributed by atoms with E-state index in [-0.39, 0.29) is 5.91 Å². The molecule has 2 amide bonds. The molecule has 1 unspecified atom stereocenters. The van der Waals surface area contributed by atoms with Gasteiger partial charge in [-0.1, -0.05) is 6.92 Å². The lowest BCUT2D eigenvalue weighted by Gasteiger charge is -2.35. The Labute approximate surface area is 180 Å². The fourth-order valence-corrected chi connectivity index (χ4v) is 4.10. The maximum Gasteiger partial charge on any atom is 0.410 e. The minimum absolute atomic E-state index is 0.147.